The normalized spacial score (nSPS) is 9.62. The van der Waals surface area contributed by atoms with Gasteiger partial charge in [-0.15, -0.1) is 18.2 Å². The molecule has 0 atom stereocenters. The van der Waals surface area contributed by atoms with Crippen molar-refractivity contribution in [3.8, 4) is 12.3 Å². The minimum Gasteiger partial charge on any atom is -0.204 e. The molecule has 0 spiro atoms. The van der Waals surface area contributed by atoms with Crippen molar-refractivity contribution in [2.45, 2.75) is 5.75 Å². The van der Waals surface area contributed by atoms with Crippen molar-refractivity contribution < 1.29 is 8.78 Å². The molecule has 1 aromatic carbocycles. The summed E-state index contributed by atoms with van der Waals surface area (Å²) in [6.45, 7) is 0. The minimum atomic E-state index is -0.807. The van der Waals surface area contributed by atoms with Crippen molar-refractivity contribution in [2.24, 2.45) is 0 Å². The first-order valence-corrected chi connectivity index (χ1v) is 4.85. The number of halogens is 2. The van der Waals surface area contributed by atoms with Gasteiger partial charge in [0.2, 0.25) is 0 Å². The van der Waals surface area contributed by atoms with Crippen LogP contribution in [0.3, 0.4) is 0 Å². The first-order chi connectivity index (χ1) is 6.25. The Morgan fingerprint density at radius 3 is 2.85 bits per heavy atom. The largest absolute Gasteiger partial charge is 0.204 e. The van der Waals surface area contributed by atoms with Crippen LogP contribution in [0.25, 0.3) is 0 Å². The molecular formula is C10H8F2S. The zero-order valence-electron chi connectivity index (χ0n) is 6.89. The van der Waals surface area contributed by atoms with E-state index in [1.54, 1.807) is 6.07 Å². The summed E-state index contributed by atoms with van der Waals surface area (Å²) in [7, 11) is 0. The minimum absolute atomic E-state index is 0.361. The molecule has 0 fully saturated rings. The van der Waals surface area contributed by atoms with E-state index in [0.29, 0.717) is 17.1 Å². The molecule has 0 aliphatic rings. The van der Waals surface area contributed by atoms with Crippen molar-refractivity contribution in [1.29, 1.82) is 0 Å². The topological polar surface area (TPSA) is 0 Å². The molecule has 0 radical (unpaired) electrons. The molecule has 0 bridgehead atoms. The maximum absolute atomic E-state index is 13.0. The van der Waals surface area contributed by atoms with Gasteiger partial charge < -0.3 is 0 Å². The highest BCUT2D eigenvalue weighted by atomic mass is 32.2. The van der Waals surface area contributed by atoms with Crippen LogP contribution in [0.15, 0.2) is 18.2 Å². The van der Waals surface area contributed by atoms with E-state index in [4.69, 9.17) is 6.42 Å². The third kappa shape index (κ3) is 2.74. The summed E-state index contributed by atoms with van der Waals surface area (Å²) in [5.41, 5.74) is 0.361. The van der Waals surface area contributed by atoms with Crippen LogP contribution in [0.5, 0.6) is 0 Å². The second-order valence-corrected chi connectivity index (χ2v) is 3.40. The highest BCUT2D eigenvalue weighted by molar-refractivity contribution is 7.98. The molecule has 3 heteroatoms. The Balaban J connectivity index is 2.67. The maximum Gasteiger partial charge on any atom is 0.162 e. The van der Waals surface area contributed by atoms with Crippen molar-refractivity contribution in [3.63, 3.8) is 0 Å². The van der Waals surface area contributed by atoms with Gasteiger partial charge in [0.1, 0.15) is 0 Å². The molecule has 0 saturated carbocycles. The summed E-state index contributed by atoms with van der Waals surface area (Å²) < 4.78 is 25.7. The molecule has 0 N–H and O–H groups in total. The van der Waals surface area contributed by atoms with Crippen LogP contribution >= 0.6 is 11.8 Å². The Hall–Kier alpha value is -1.01. The van der Waals surface area contributed by atoms with E-state index in [9.17, 15) is 8.78 Å². The molecular weight excluding hydrogens is 190 g/mol. The van der Waals surface area contributed by atoms with Gasteiger partial charge in [-0.05, 0) is 6.07 Å². The molecule has 0 amide bonds. The third-order valence-corrected chi connectivity index (χ3v) is 2.36. The number of thioether (sulfide) groups is 1. The van der Waals surface area contributed by atoms with Gasteiger partial charge in [0.25, 0.3) is 0 Å². The van der Waals surface area contributed by atoms with E-state index in [0.717, 1.165) is 6.07 Å². The van der Waals surface area contributed by atoms with E-state index >= 15 is 0 Å². The number of hydrogen-bond donors (Lipinski definition) is 0. The summed E-state index contributed by atoms with van der Waals surface area (Å²) in [5.74, 6) is 1.76. The van der Waals surface area contributed by atoms with Gasteiger partial charge >= 0.3 is 0 Å². The predicted molar refractivity (Wildman–Crippen MR) is 51.4 cm³/mol. The Kier molecular flexibility index (Phi) is 3.78. The molecule has 0 nitrogen and oxygen atoms in total. The Morgan fingerprint density at radius 1 is 1.38 bits per heavy atom. The number of rotatable bonds is 3. The van der Waals surface area contributed by atoms with Crippen molar-refractivity contribution in [2.75, 3.05) is 5.75 Å². The lowest BCUT2D eigenvalue weighted by molar-refractivity contribution is 0.502. The number of terminal acetylenes is 1. The summed E-state index contributed by atoms with van der Waals surface area (Å²) >= 11 is 1.39. The molecule has 68 valence electrons. The third-order valence-electron chi connectivity index (χ3n) is 1.47. The smallest absolute Gasteiger partial charge is 0.162 e. The van der Waals surface area contributed by atoms with Gasteiger partial charge in [0, 0.05) is 11.3 Å². The molecule has 1 rings (SSSR count). The van der Waals surface area contributed by atoms with Crippen molar-refractivity contribution in [3.05, 3.63) is 35.4 Å². The quantitative estimate of drug-likeness (QED) is 0.531. The van der Waals surface area contributed by atoms with Crippen LogP contribution in [-0.2, 0) is 5.75 Å². The lowest BCUT2D eigenvalue weighted by Crippen LogP contribution is -1.91. The average molecular weight is 198 g/mol. The number of hydrogen-bond acceptors (Lipinski definition) is 1. The zero-order chi connectivity index (χ0) is 9.68. The van der Waals surface area contributed by atoms with Crippen LogP contribution in [-0.4, -0.2) is 5.75 Å². The SMILES string of the molecule is C#CCSCc1cccc(F)c1F. The molecule has 13 heavy (non-hydrogen) atoms. The van der Waals surface area contributed by atoms with Crippen LogP contribution in [0.4, 0.5) is 8.78 Å². The van der Waals surface area contributed by atoms with Crippen LogP contribution in [0.1, 0.15) is 5.56 Å². The van der Waals surface area contributed by atoms with E-state index in [1.165, 1.54) is 17.8 Å². The molecule has 1 aromatic rings. The number of benzene rings is 1. The molecule has 0 unspecified atom stereocenters. The van der Waals surface area contributed by atoms with Gasteiger partial charge in [-0.2, -0.15) is 0 Å². The van der Waals surface area contributed by atoms with Gasteiger partial charge in [-0.3, -0.25) is 0 Å². The highest BCUT2D eigenvalue weighted by Crippen LogP contribution is 2.17. The fourth-order valence-corrected chi connectivity index (χ4v) is 1.54. The Morgan fingerprint density at radius 2 is 2.15 bits per heavy atom. The van der Waals surface area contributed by atoms with E-state index < -0.39 is 11.6 Å². The van der Waals surface area contributed by atoms with Crippen molar-refractivity contribution in [1.82, 2.24) is 0 Å². The summed E-state index contributed by atoms with van der Waals surface area (Å²) in [5, 5.41) is 0. The lowest BCUT2D eigenvalue weighted by Gasteiger charge is -2.01. The van der Waals surface area contributed by atoms with Gasteiger partial charge in [0.05, 0.1) is 5.75 Å². The average Bonchev–Trinajstić information content (AvgIpc) is 2.13. The molecule has 0 aliphatic carbocycles. The zero-order valence-corrected chi connectivity index (χ0v) is 7.70. The first kappa shape index (κ1) is 10.1. The summed E-state index contributed by atoms with van der Waals surface area (Å²) in [6, 6.07) is 4.15. The van der Waals surface area contributed by atoms with Crippen LogP contribution < -0.4 is 0 Å². The Labute approximate surface area is 80.3 Å². The predicted octanol–water partition coefficient (Wildman–Crippen LogP) is 2.83. The second-order valence-electron chi connectivity index (χ2n) is 2.41. The maximum atomic E-state index is 13.0. The molecule has 0 heterocycles. The standard InChI is InChI=1S/C10H8F2S/c1-2-6-13-7-8-4-3-5-9(11)10(8)12/h1,3-5H,6-7H2. The first-order valence-electron chi connectivity index (χ1n) is 3.70. The summed E-state index contributed by atoms with van der Waals surface area (Å²) in [6.07, 6.45) is 5.02. The van der Waals surface area contributed by atoms with E-state index in [2.05, 4.69) is 5.92 Å². The van der Waals surface area contributed by atoms with Gasteiger partial charge in [-0.1, -0.05) is 18.1 Å². The highest BCUT2D eigenvalue weighted by Gasteiger charge is 2.06. The molecule has 0 aromatic heterocycles. The van der Waals surface area contributed by atoms with Crippen LogP contribution in [0, 0.1) is 24.0 Å². The van der Waals surface area contributed by atoms with Crippen molar-refractivity contribution >= 4 is 11.8 Å². The lowest BCUT2D eigenvalue weighted by atomic mass is 10.2. The summed E-state index contributed by atoms with van der Waals surface area (Å²) in [4.78, 5) is 0. The second kappa shape index (κ2) is 4.88. The van der Waals surface area contributed by atoms with Crippen LogP contribution in [0.2, 0.25) is 0 Å². The Bertz CT molecular complexity index is 328. The van der Waals surface area contributed by atoms with Gasteiger partial charge in [0.15, 0.2) is 11.6 Å². The fraction of sp³-hybridized carbons (Fsp3) is 0.200. The van der Waals surface area contributed by atoms with E-state index in [1.807, 2.05) is 0 Å². The molecule has 0 saturated heterocycles. The van der Waals surface area contributed by atoms with E-state index in [-0.39, 0.29) is 0 Å². The monoisotopic (exact) mass is 198 g/mol. The van der Waals surface area contributed by atoms with Gasteiger partial charge in [-0.25, -0.2) is 8.78 Å². The molecule has 0 aliphatic heterocycles. The fourth-order valence-electron chi connectivity index (χ4n) is 0.880.